The maximum Gasteiger partial charge on any atom is 0.204 e. The van der Waals surface area contributed by atoms with Gasteiger partial charge in [0.1, 0.15) is 12.4 Å². The smallest absolute Gasteiger partial charge is 0.204 e. The maximum atomic E-state index is 13.0. The number of nitrogens with one attached hydrogen (secondary N) is 1. The monoisotopic (exact) mass is 367 g/mol. The number of aromatic amines is 1. The summed E-state index contributed by atoms with van der Waals surface area (Å²) >= 11 is 5.37. The Morgan fingerprint density at radius 2 is 1.88 bits per heavy atom. The highest BCUT2D eigenvalue weighted by atomic mass is 32.1. The van der Waals surface area contributed by atoms with Crippen molar-refractivity contribution in [1.82, 2.24) is 35.0 Å². The molecule has 2 heterocycles. The molecule has 0 aliphatic heterocycles. The summed E-state index contributed by atoms with van der Waals surface area (Å²) in [6.07, 6.45) is 0. The van der Waals surface area contributed by atoms with Crippen LogP contribution in [0.4, 0.5) is 4.39 Å². The van der Waals surface area contributed by atoms with E-state index in [-0.39, 0.29) is 12.4 Å². The van der Waals surface area contributed by atoms with E-state index in [0.717, 1.165) is 11.3 Å². The van der Waals surface area contributed by atoms with E-state index in [1.165, 1.54) is 16.9 Å². The fourth-order valence-corrected chi connectivity index (χ4v) is 2.90. The van der Waals surface area contributed by atoms with Gasteiger partial charge < -0.3 is 0 Å². The second-order valence-electron chi connectivity index (χ2n) is 5.72. The van der Waals surface area contributed by atoms with E-state index < -0.39 is 0 Å². The Hall–Kier alpha value is -3.20. The molecule has 0 saturated carbocycles. The average Bonchev–Trinajstić information content (AvgIpc) is 3.24. The molecule has 9 heteroatoms. The largest absolute Gasteiger partial charge is 0.270 e. The van der Waals surface area contributed by atoms with Gasteiger partial charge >= 0.3 is 0 Å². The minimum atomic E-state index is -0.310. The van der Waals surface area contributed by atoms with Crippen LogP contribution < -0.4 is 0 Å². The van der Waals surface area contributed by atoms with Crippen molar-refractivity contribution in [2.24, 2.45) is 0 Å². The van der Waals surface area contributed by atoms with Gasteiger partial charge in [-0.2, -0.15) is 9.90 Å². The van der Waals surface area contributed by atoms with Crippen LogP contribution >= 0.6 is 12.2 Å². The van der Waals surface area contributed by atoms with E-state index in [4.69, 9.17) is 12.2 Å². The Morgan fingerprint density at radius 3 is 2.65 bits per heavy atom. The first-order valence-electron chi connectivity index (χ1n) is 7.88. The van der Waals surface area contributed by atoms with Crippen LogP contribution in [0, 0.1) is 17.5 Å². The van der Waals surface area contributed by atoms with Crippen molar-refractivity contribution in [2.45, 2.75) is 13.5 Å². The number of benzene rings is 2. The van der Waals surface area contributed by atoms with Gasteiger partial charge in [0.25, 0.3) is 0 Å². The lowest BCUT2D eigenvalue weighted by molar-refractivity contribution is 0.548. The van der Waals surface area contributed by atoms with Gasteiger partial charge in [-0.25, -0.2) is 4.39 Å². The zero-order valence-electron chi connectivity index (χ0n) is 13.8. The average molecular weight is 367 g/mol. The fraction of sp³-hybridized carbons (Fsp3) is 0.118. The number of aromatic nitrogens is 7. The molecule has 0 aliphatic carbocycles. The predicted octanol–water partition coefficient (Wildman–Crippen LogP) is 3.08. The van der Waals surface area contributed by atoms with Crippen molar-refractivity contribution in [3.05, 3.63) is 70.5 Å². The highest BCUT2D eigenvalue weighted by molar-refractivity contribution is 7.71. The SMILES string of the molecule is Cc1ccccc1-n1c(Cn2nnc(-c3ccc(F)cc3)n2)n[nH]c1=S. The summed E-state index contributed by atoms with van der Waals surface area (Å²) in [4.78, 5) is 1.43. The maximum absolute atomic E-state index is 13.0. The zero-order chi connectivity index (χ0) is 18.1. The first-order valence-corrected chi connectivity index (χ1v) is 8.29. The van der Waals surface area contributed by atoms with Gasteiger partial charge in [-0.05, 0) is 60.3 Å². The predicted molar refractivity (Wildman–Crippen MR) is 95.8 cm³/mol. The summed E-state index contributed by atoms with van der Waals surface area (Å²) in [5.74, 6) is 0.767. The summed E-state index contributed by atoms with van der Waals surface area (Å²) in [5, 5.41) is 19.5. The van der Waals surface area contributed by atoms with E-state index in [2.05, 4.69) is 25.6 Å². The summed E-state index contributed by atoms with van der Waals surface area (Å²) < 4.78 is 15.4. The van der Waals surface area contributed by atoms with Gasteiger partial charge in [0.15, 0.2) is 10.6 Å². The van der Waals surface area contributed by atoms with Crippen LogP contribution in [-0.2, 0) is 6.54 Å². The number of nitrogens with zero attached hydrogens (tertiary/aromatic N) is 6. The van der Waals surface area contributed by atoms with Crippen LogP contribution in [0.1, 0.15) is 11.4 Å². The third-order valence-corrected chi connectivity index (χ3v) is 4.21. The van der Waals surface area contributed by atoms with E-state index in [0.29, 0.717) is 22.0 Å². The molecule has 0 atom stereocenters. The van der Waals surface area contributed by atoms with Gasteiger partial charge in [-0.3, -0.25) is 9.67 Å². The van der Waals surface area contributed by atoms with Gasteiger partial charge in [0, 0.05) is 5.56 Å². The van der Waals surface area contributed by atoms with Crippen molar-refractivity contribution in [3.8, 4) is 17.1 Å². The van der Waals surface area contributed by atoms with Crippen molar-refractivity contribution < 1.29 is 4.39 Å². The Labute approximate surface area is 153 Å². The molecule has 130 valence electrons. The van der Waals surface area contributed by atoms with Crippen LogP contribution in [0.3, 0.4) is 0 Å². The first-order chi connectivity index (χ1) is 12.6. The Kier molecular flexibility index (Phi) is 4.13. The third-order valence-electron chi connectivity index (χ3n) is 3.94. The van der Waals surface area contributed by atoms with Crippen molar-refractivity contribution in [3.63, 3.8) is 0 Å². The van der Waals surface area contributed by atoms with Crippen molar-refractivity contribution in [1.29, 1.82) is 0 Å². The number of rotatable bonds is 4. The van der Waals surface area contributed by atoms with E-state index in [9.17, 15) is 4.39 Å². The lowest BCUT2D eigenvalue weighted by Crippen LogP contribution is -2.11. The molecule has 0 bridgehead atoms. The number of para-hydroxylation sites is 1. The normalized spacial score (nSPS) is 11.0. The highest BCUT2D eigenvalue weighted by Crippen LogP contribution is 2.17. The van der Waals surface area contributed by atoms with E-state index >= 15 is 0 Å². The molecule has 2 aromatic heterocycles. The minimum absolute atomic E-state index is 0.287. The Bertz CT molecular complexity index is 1110. The van der Waals surface area contributed by atoms with Gasteiger partial charge in [-0.15, -0.1) is 10.2 Å². The highest BCUT2D eigenvalue weighted by Gasteiger charge is 2.13. The number of aryl methyl sites for hydroxylation is 1. The molecule has 2 aromatic carbocycles. The molecule has 0 unspecified atom stereocenters. The topological polar surface area (TPSA) is 77.2 Å². The number of tetrazole rings is 1. The molecule has 4 rings (SSSR count). The van der Waals surface area contributed by atoms with Crippen LogP contribution in [0.5, 0.6) is 0 Å². The fourth-order valence-electron chi connectivity index (χ4n) is 2.65. The summed E-state index contributed by atoms with van der Waals surface area (Å²) in [7, 11) is 0. The molecular weight excluding hydrogens is 353 g/mol. The van der Waals surface area contributed by atoms with Crippen LogP contribution in [0.15, 0.2) is 48.5 Å². The van der Waals surface area contributed by atoms with Crippen LogP contribution in [0.2, 0.25) is 0 Å². The molecular formula is C17H14FN7S. The molecule has 1 N–H and O–H groups in total. The molecule has 4 aromatic rings. The summed E-state index contributed by atoms with van der Waals surface area (Å²) in [6, 6.07) is 13.8. The van der Waals surface area contributed by atoms with Gasteiger partial charge in [0.05, 0.1) is 5.69 Å². The second kappa shape index (κ2) is 6.60. The molecule has 0 aliphatic rings. The van der Waals surface area contributed by atoms with Gasteiger partial charge in [-0.1, -0.05) is 18.2 Å². The molecule has 7 nitrogen and oxygen atoms in total. The lowest BCUT2D eigenvalue weighted by atomic mass is 10.2. The third kappa shape index (κ3) is 3.04. The minimum Gasteiger partial charge on any atom is -0.270 e. The number of halogens is 1. The van der Waals surface area contributed by atoms with E-state index in [1.807, 2.05) is 35.8 Å². The zero-order valence-corrected chi connectivity index (χ0v) is 14.6. The summed E-state index contributed by atoms with van der Waals surface area (Å²) in [6.45, 7) is 2.30. The first kappa shape index (κ1) is 16.3. The Balaban J connectivity index is 1.66. The number of hydrogen-bond acceptors (Lipinski definition) is 5. The van der Waals surface area contributed by atoms with Crippen LogP contribution in [-0.4, -0.2) is 35.0 Å². The molecule has 0 spiro atoms. The van der Waals surface area contributed by atoms with Gasteiger partial charge in [0.2, 0.25) is 5.82 Å². The molecule has 0 fully saturated rings. The second-order valence-corrected chi connectivity index (χ2v) is 6.10. The quantitative estimate of drug-likeness (QED) is 0.561. The molecule has 0 amide bonds. The molecule has 26 heavy (non-hydrogen) atoms. The number of hydrogen-bond donors (Lipinski definition) is 1. The summed E-state index contributed by atoms with van der Waals surface area (Å²) in [5.41, 5.74) is 2.71. The molecule has 0 saturated heterocycles. The van der Waals surface area contributed by atoms with Crippen molar-refractivity contribution >= 4 is 12.2 Å². The van der Waals surface area contributed by atoms with E-state index in [1.54, 1.807) is 12.1 Å². The number of H-pyrrole nitrogens is 1. The molecule has 0 radical (unpaired) electrons. The lowest BCUT2D eigenvalue weighted by Gasteiger charge is -2.09. The van der Waals surface area contributed by atoms with Crippen molar-refractivity contribution in [2.75, 3.05) is 0 Å². The van der Waals surface area contributed by atoms with Crippen LogP contribution in [0.25, 0.3) is 17.1 Å². The standard InChI is InChI=1S/C17H14FN7S/c1-11-4-2-3-5-14(11)25-15(19-21-17(25)26)10-24-22-16(20-23-24)12-6-8-13(18)9-7-12/h2-9H,10H2,1H3,(H,21,26). The Morgan fingerprint density at radius 1 is 1.12 bits per heavy atom.